The molecular formula is C12H16ClN3O4. The monoisotopic (exact) mass is 301 g/mol. The zero-order valence-electron chi connectivity index (χ0n) is 10.8. The first-order valence-corrected chi connectivity index (χ1v) is 6.02. The van der Waals surface area contributed by atoms with Crippen molar-refractivity contribution in [2.75, 3.05) is 32.8 Å². The van der Waals surface area contributed by atoms with Gasteiger partial charge in [0.15, 0.2) is 6.61 Å². The zero-order valence-corrected chi connectivity index (χ0v) is 11.6. The second-order valence-electron chi connectivity index (χ2n) is 4.17. The number of nitrogens with zero attached hydrogens (tertiary/aromatic N) is 2. The zero-order chi connectivity index (χ0) is 13.7. The predicted molar refractivity (Wildman–Crippen MR) is 75.3 cm³/mol. The largest absolute Gasteiger partial charge is 0.484 e. The number of rotatable bonds is 4. The third kappa shape index (κ3) is 4.36. The van der Waals surface area contributed by atoms with E-state index in [1.165, 1.54) is 24.3 Å². The molecule has 1 aliphatic rings. The minimum Gasteiger partial charge on any atom is -0.484 e. The van der Waals surface area contributed by atoms with E-state index in [1.807, 2.05) is 0 Å². The van der Waals surface area contributed by atoms with Gasteiger partial charge in [0.1, 0.15) is 5.75 Å². The Balaban J connectivity index is 0.00000200. The summed E-state index contributed by atoms with van der Waals surface area (Å²) < 4.78 is 5.32. The first-order valence-electron chi connectivity index (χ1n) is 6.02. The summed E-state index contributed by atoms with van der Waals surface area (Å²) in [6.07, 6.45) is 0. The van der Waals surface area contributed by atoms with Crippen LogP contribution in [0.1, 0.15) is 0 Å². The first-order chi connectivity index (χ1) is 9.16. The Hall–Kier alpha value is -1.86. The van der Waals surface area contributed by atoms with Crippen molar-refractivity contribution < 1.29 is 14.5 Å². The summed E-state index contributed by atoms with van der Waals surface area (Å²) in [6, 6.07) is 5.68. The molecule has 1 heterocycles. The molecule has 0 spiro atoms. The number of non-ortho nitro benzene ring substituents is 1. The van der Waals surface area contributed by atoms with E-state index in [2.05, 4.69) is 5.32 Å². The molecule has 7 nitrogen and oxygen atoms in total. The van der Waals surface area contributed by atoms with Gasteiger partial charge in [0.2, 0.25) is 0 Å². The van der Waals surface area contributed by atoms with Crippen LogP contribution in [-0.4, -0.2) is 48.5 Å². The molecule has 0 atom stereocenters. The summed E-state index contributed by atoms with van der Waals surface area (Å²) in [5.74, 6) is 0.383. The SMILES string of the molecule is Cl.O=C(COc1ccc([N+](=O)[O-])cc1)N1CCNCC1. The quantitative estimate of drug-likeness (QED) is 0.657. The lowest BCUT2D eigenvalue weighted by atomic mass is 10.3. The summed E-state index contributed by atoms with van der Waals surface area (Å²) in [5.41, 5.74) is 0.000724. The molecule has 2 rings (SSSR count). The predicted octanol–water partition coefficient (Wildman–Crippen LogP) is 0.827. The topological polar surface area (TPSA) is 84.7 Å². The van der Waals surface area contributed by atoms with Crippen molar-refractivity contribution in [1.29, 1.82) is 0 Å². The number of hydrogen-bond donors (Lipinski definition) is 1. The number of nitro benzene ring substituents is 1. The minimum absolute atomic E-state index is 0. The van der Waals surface area contributed by atoms with Crippen molar-refractivity contribution in [2.24, 2.45) is 0 Å². The second kappa shape index (κ2) is 7.66. The maximum atomic E-state index is 11.8. The maximum Gasteiger partial charge on any atom is 0.269 e. The van der Waals surface area contributed by atoms with Crippen LogP contribution in [0.2, 0.25) is 0 Å². The highest BCUT2D eigenvalue weighted by atomic mass is 35.5. The van der Waals surface area contributed by atoms with E-state index < -0.39 is 4.92 Å². The molecule has 20 heavy (non-hydrogen) atoms. The summed E-state index contributed by atoms with van der Waals surface area (Å²) in [4.78, 5) is 23.6. The molecule has 0 saturated carbocycles. The van der Waals surface area contributed by atoms with Crippen molar-refractivity contribution in [3.63, 3.8) is 0 Å². The fourth-order valence-corrected chi connectivity index (χ4v) is 1.81. The van der Waals surface area contributed by atoms with Crippen molar-refractivity contribution in [3.05, 3.63) is 34.4 Å². The number of piperazine rings is 1. The van der Waals surface area contributed by atoms with Crippen molar-refractivity contribution in [3.8, 4) is 5.75 Å². The molecule has 0 unspecified atom stereocenters. The van der Waals surface area contributed by atoms with Crippen LogP contribution in [0, 0.1) is 10.1 Å². The third-order valence-corrected chi connectivity index (χ3v) is 2.88. The van der Waals surface area contributed by atoms with Gasteiger partial charge in [-0.15, -0.1) is 12.4 Å². The highest BCUT2D eigenvalue weighted by Gasteiger charge is 2.16. The van der Waals surface area contributed by atoms with Gasteiger partial charge < -0.3 is 15.0 Å². The number of ether oxygens (including phenoxy) is 1. The van der Waals surface area contributed by atoms with Gasteiger partial charge in [0, 0.05) is 38.3 Å². The average Bonchev–Trinajstić information content (AvgIpc) is 2.46. The summed E-state index contributed by atoms with van der Waals surface area (Å²) in [7, 11) is 0. The molecule has 1 saturated heterocycles. The Morgan fingerprint density at radius 1 is 1.30 bits per heavy atom. The van der Waals surface area contributed by atoms with Crippen LogP contribution in [0.4, 0.5) is 5.69 Å². The lowest BCUT2D eigenvalue weighted by Gasteiger charge is -2.27. The summed E-state index contributed by atoms with van der Waals surface area (Å²) in [6.45, 7) is 2.91. The molecule has 1 aliphatic heterocycles. The van der Waals surface area contributed by atoms with Crippen molar-refractivity contribution in [2.45, 2.75) is 0 Å². The number of nitro groups is 1. The average molecular weight is 302 g/mol. The number of hydrogen-bond acceptors (Lipinski definition) is 5. The molecule has 1 aromatic carbocycles. The van der Waals surface area contributed by atoms with Crippen LogP contribution in [0.5, 0.6) is 5.75 Å². The number of carbonyl (C=O) groups is 1. The molecule has 0 bridgehead atoms. The lowest BCUT2D eigenvalue weighted by Crippen LogP contribution is -2.47. The second-order valence-corrected chi connectivity index (χ2v) is 4.17. The van der Waals surface area contributed by atoms with E-state index in [0.717, 1.165) is 13.1 Å². The first kappa shape index (κ1) is 16.2. The Labute approximate surface area is 122 Å². The molecule has 0 aromatic heterocycles. The van der Waals surface area contributed by atoms with Gasteiger partial charge in [0.25, 0.3) is 11.6 Å². The number of carbonyl (C=O) groups excluding carboxylic acids is 1. The Morgan fingerprint density at radius 3 is 2.45 bits per heavy atom. The van der Waals surface area contributed by atoms with E-state index in [9.17, 15) is 14.9 Å². The molecule has 1 N–H and O–H groups in total. The normalized spacial score (nSPS) is 14.3. The van der Waals surface area contributed by atoms with Crippen LogP contribution < -0.4 is 10.1 Å². The Bertz CT molecular complexity index is 460. The fourth-order valence-electron chi connectivity index (χ4n) is 1.81. The van der Waals surface area contributed by atoms with Gasteiger partial charge in [-0.3, -0.25) is 14.9 Å². The molecule has 110 valence electrons. The van der Waals surface area contributed by atoms with E-state index >= 15 is 0 Å². The fraction of sp³-hybridized carbons (Fsp3) is 0.417. The molecule has 1 fully saturated rings. The number of amides is 1. The van der Waals surface area contributed by atoms with Crippen LogP contribution >= 0.6 is 12.4 Å². The van der Waals surface area contributed by atoms with E-state index in [-0.39, 0.29) is 30.6 Å². The number of benzene rings is 1. The number of halogens is 1. The van der Waals surface area contributed by atoms with Gasteiger partial charge in [-0.2, -0.15) is 0 Å². The van der Waals surface area contributed by atoms with Crippen LogP contribution in [0.25, 0.3) is 0 Å². The minimum atomic E-state index is -0.477. The molecule has 0 radical (unpaired) electrons. The van der Waals surface area contributed by atoms with E-state index in [4.69, 9.17) is 4.74 Å². The van der Waals surface area contributed by atoms with Crippen LogP contribution in [-0.2, 0) is 4.79 Å². The van der Waals surface area contributed by atoms with Gasteiger partial charge >= 0.3 is 0 Å². The molecule has 0 aliphatic carbocycles. The third-order valence-electron chi connectivity index (χ3n) is 2.88. The smallest absolute Gasteiger partial charge is 0.269 e. The van der Waals surface area contributed by atoms with E-state index in [0.29, 0.717) is 18.8 Å². The number of nitrogens with one attached hydrogen (secondary N) is 1. The van der Waals surface area contributed by atoms with Crippen molar-refractivity contribution >= 4 is 24.0 Å². The summed E-state index contributed by atoms with van der Waals surface area (Å²) >= 11 is 0. The molecule has 1 amide bonds. The van der Waals surface area contributed by atoms with Crippen molar-refractivity contribution in [1.82, 2.24) is 10.2 Å². The highest BCUT2D eigenvalue weighted by molar-refractivity contribution is 5.85. The highest BCUT2D eigenvalue weighted by Crippen LogP contribution is 2.17. The molecular weight excluding hydrogens is 286 g/mol. The Kier molecular flexibility index (Phi) is 6.20. The Morgan fingerprint density at radius 2 is 1.90 bits per heavy atom. The van der Waals surface area contributed by atoms with Crippen LogP contribution in [0.15, 0.2) is 24.3 Å². The van der Waals surface area contributed by atoms with Gasteiger partial charge in [-0.1, -0.05) is 0 Å². The van der Waals surface area contributed by atoms with Crippen LogP contribution in [0.3, 0.4) is 0 Å². The van der Waals surface area contributed by atoms with Gasteiger partial charge in [-0.25, -0.2) is 0 Å². The van der Waals surface area contributed by atoms with Gasteiger partial charge in [0.05, 0.1) is 4.92 Å². The molecule has 8 heteroatoms. The van der Waals surface area contributed by atoms with E-state index in [1.54, 1.807) is 4.90 Å². The maximum absolute atomic E-state index is 11.8. The summed E-state index contributed by atoms with van der Waals surface area (Å²) in [5, 5.41) is 13.6. The lowest BCUT2D eigenvalue weighted by molar-refractivity contribution is -0.384. The molecule has 1 aromatic rings. The standard InChI is InChI=1S/C12H15N3O4.ClH/c16-12(14-7-5-13-6-8-14)9-19-11-3-1-10(2-4-11)15(17)18;/h1-4,13H,5-9H2;1H. The van der Waals surface area contributed by atoms with Gasteiger partial charge in [-0.05, 0) is 12.1 Å².